The van der Waals surface area contributed by atoms with Gasteiger partial charge in [0.15, 0.2) is 0 Å². The lowest BCUT2D eigenvalue weighted by Crippen LogP contribution is -2.17. The predicted octanol–water partition coefficient (Wildman–Crippen LogP) is 6.06. The molecule has 0 aliphatic carbocycles. The van der Waals surface area contributed by atoms with Crippen molar-refractivity contribution in [2.45, 2.75) is 13.0 Å². The van der Waals surface area contributed by atoms with E-state index in [0.717, 1.165) is 24.2 Å². The quantitative estimate of drug-likeness (QED) is 0.268. The monoisotopic (exact) mass is 456 g/mol. The summed E-state index contributed by atoms with van der Waals surface area (Å²) >= 11 is 6.32. The van der Waals surface area contributed by atoms with E-state index in [1.807, 2.05) is 60.7 Å². The third-order valence-corrected chi connectivity index (χ3v) is 5.44. The average Bonchev–Trinajstić information content (AvgIpc) is 2.85. The largest absolute Gasteiger partial charge is 0.340 e. The second-order valence-corrected chi connectivity index (χ2v) is 8.01. The Bertz CT molecular complexity index is 1180. The van der Waals surface area contributed by atoms with Gasteiger partial charge in [-0.25, -0.2) is 4.98 Å². The highest BCUT2D eigenvalue weighted by atomic mass is 35.5. The molecule has 3 N–H and O–H groups in total. The van der Waals surface area contributed by atoms with Crippen LogP contribution in [-0.4, -0.2) is 17.4 Å². The molecule has 6 heteroatoms. The summed E-state index contributed by atoms with van der Waals surface area (Å²) in [5.74, 6) is 0.407. The normalized spacial score (nSPS) is 10.6. The van der Waals surface area contributed by atoms with E-state index >= 15 is 0 Å². The number of hydrogen-bond acceptors (Lipinski definition) is 4. The summed E-state index contributed by atoms with van der Waals surface area (Å²) in [6.45, 7) is 1.55. The van der Waals surface area contributed by atoms with Crippen molar-refractivity contribution in [1.82, 2.24) is 10.3 Å². The molecule has 0 unspecified atom stereocenters. The lowest BCUT2D eigenvalue weighted by molar-refractivity contribution is 0.102. The van der Waals surface area contributed by atoms with Crippen molar-refractivity contribution in [3.8, 4) is 0 Å². The topological polar surface area (TPSA) is 66.1 Å². The minimum absolute atomic E-state index is 0.259. The molecule has 0 spiro atoms. The number of halogens is 1. The Balaban J connectivity index is 1.32. The fourth-order valence-corrected chi connectivity index (χ4v) is 3.52. The highest BCUT2D eigenvalue weighted by Gasteiger charge is 2.10. The van der Waals surface area contributed by atoms with Gasteiger partial charge in [-0.1, -0.05) is 66.2 Å². The van der Waals surface area contributed by atoms with Crippen molar-refractivity contribution < 1.29 is 4.79 Å². The number of rotatable bonds is 9. The zero-order valence-corrected chi connectivity index (χ0v) is 18.8. The summed E-state index contributed by atoms with van der Waals surface area (Å²) in [6, 6.07) is 29.3. The van der Waals surface area contributed by atoms with Crippen LogP contribution in [0.2, 0.25) is 5.02 Å². The number of nitrogens with zero attached hydrogens (tertiary/aromatic N) is 1. The van der Waals surface area contributed by atoms with Crippen LogP contribution in [0.1, 0.15) is 21.5 Å². The van der Waals surface area contributed by atoms with Gasteiger partial charge in [-0.3, -0.25) is 4.79 Å². The SMILES string of the molecule is O=C(Nc1cc(CNCCc2ccccc2)ccc1Cl)c1ccc(Nc2ccccc2)nc1. The van der Waals surface area contributed by atoms with Crippen molar-refractivity contribution in [2.75, 3.05) is 17.2 Å². The Morgan fingerprint density at radius 3 is 2.33 bits per heavy atom. The molecule has 0 aliphatic rings. The molecule has 0 radical (unpaired) electrons. The first-order valence-electron chi connectivity index (χ1n) is 10.8. The van der Waals surface area contributed by atoms with E-state index in [9.17, 15) is 4.79 Å². The fraction of sp³-hybridized carbons (Fsp3) is 0.111. The molecule has 0 atom stereocenters. The molecular weight excluding hydrogens is 432 g/mol. The number of pyridine rings is 1. The van der Waals surface area contributed by atoms with E-state index in [1.54, 1.807) is 24.4 Å². The summed E-state index contributed by atoms with van der Waals surface area (Å²) in [7, 11) is 0. The molecule has 5 nitrogen and oxygen atoms in total. The lowest BCUT2D eigenvalue weighted by Gasteiger charge is -2.11. The first kappa shape index (κ1) is 22.5. The van der Waals surface area contributed by atoms with Gasteiger partial charge in [0.05, 0.1) is 16.3 Å². The molecule has 0 fully saturated rings. The van der Waals surface area contributed by atoms with Crippen LogP contribution in [0.15, 0.2) is 97.2 Å². The third-order valence-electron chi connectivity index (χ3n) is 5.11. The Morgan fingerprint density at radius 1 is 0.848 bits per heavy atom. The van der Waals surface area contributed by atoms with Gasteiger partial charge in [0.25, 0.3) is 5.91 Å². The van der Waals surface area contributed by atoms with Gasteiger partial charge in [0.1, 0.15) is 5.82 Å². The summed E-state index contributed by atoms with van der Waals surface area (Å²) < 4.78 is 0. The number of carbonyl (C=O) groups is 1. The maximum atomic E-state index is 12.7. The van der Waals surface area contributed by atoms with Crippen LogP contribution >= 0.6 is 11.6 Å². The average molecular weight is 457 g/mol. The standard InChI is InChI=1S/C27H25ClN4O/c28-24-13-11-21(18-29-16-15-20-7-3-1-4-8-20)17-25(24)32-27(33)22-12-14-26(30-19-22)31-23-9-5-2-6-10-23/h1-14,17,19,29H,15-16,18H2,(H,30,31)(H,32,33). The van der Waals surface area contributed by atoms with E-state index in [2.05, 4.69) is 33.1 Å². The molecule has 4 aromatic rings. The maximum absolute atomic E-state index is 12.7. The molecule has 0 saturated heterocycles. The minimum Gasteiger partial charge on any atom is -0.340 e. The summed E-state index contributed by atoms with van der Waals surface area (Å²) in [4.78, 5) is 17.1. The van der Waals surface area contributed by atoms with Crippen molar-refractivity contribution in [2.24, 2.45) is 0 Å². The summed E-state index contributed by atoms with van der Waals surface area (Å²) in [5, 5.41) is 10.0. The van der Waals surface area contributed by atoms with Gasteiger partial charge < -0.3 is 16.0 Å². The highest BCUT2D eigenvalue weighted by Crippen LogP contribution is 2.24. The number of para-hydroxylation sites is 1. The van der Waals surface area contributed by atoms with Gasteiger partial charge in [0, 0.05) is 18.4 Å². The first-order chi connectivity index (χ1) is 16.2. The van der Waals surface area contributed by atoms with Crippen LogP contribution in [0.25, 0.3) is 0 Å². The van der Waals surface area contributed by atoms with E-state index in [4.69, 9.17) is 11.6 Å². The summed E-state index contributed by atoms with van der Waals surface area (Å²) in [5.41, 5.74) is 4.31. The number of carbonyl (C=O) groups excluding carboxylic acids is 1. The third kappa shape index (κ3) is 6.65. The van der Waals surface area contributed by atoms with E-state index < -0.39 is 0 Å². The molecule has 166 valence electrons. The zero-order chi connectivity index (χ0) is 22.9. The van der Waals surface area contributed by atoms with Crippen LogP contribution in [0.4, 0.5) is 17.2 Å². The summed E-state index contributed by atoms with van der Waals surface area (Å²) in [6.07, 6.45) is 2.50. The number of hydrogen-bond donors (Lipinski definition) is 3. The number of nitrogens with one attached hydrogen (secondary N) is 3. The van der Waals surface area contributed by atoms with Crippen LogP contribution < -0.4 is 16.0 Å². The Kier molecular flexibility index (Phi) is 7.69. The minimum atomic E-state index is -0.259. The molecule has 1 amide bonds. The van der Waals surface area contributed by atoms with Crippen molar-refractivity contribution in [3.63, 3.8) is 0 Å². The van der Waals surface area contributed by atoms with E-state index in [-0.39, 0.29) is 5.91 Å². The zero-order valence-electron chi connectivity index (χ0n) is 18.1. The van der Waals surface area contributed by atoms with Crippen LogP contribution in [0.3, 0.4) is 0 Å². The van der Waals surface area contributed by atoms with Crippen LogP contribution in [0, 0.1) is 0 Å². The second-order valence-electron chi connectivity index (χ2n) is 7.60. The fourth-order valence-electron chi connectivity index (χ4n) is 3.35. The number of aromatic nitrogens is 1. The Labute approximate surface area is 198 Å². The highest BCUT2D eigenvalue weighted by molar-refractivity contribution is 6.34. The lowest BCUT2D eigenvalue weighted by atomic mass is 10.1. The Hall–Kier alpha value is -3.67. The van der Waals surface area contributed by atoms with Gasteiger partial charge in [-0.2, -0.15) is 0 Å². The molecule has 0 aliphatic heterocycles. The van der Waals surface area contributed by atoms with Crippen LogP contribution in [0.5, 0.6) is 0 Å². The number of anilines is 3. The van der Waals surface area contributed by atoms with Crippen LogP contribution in [-0.2, 0) is 13.0 Å². The van der Waals surface area contributed by atoms with E-state index in [0.29, 0.717) is 28.6 Å². The molecule has 3 aromatic carbocycles. The van der Waals surface area contributed by atoms with Gasteiger partial charge in [0.2, 0.25) is 0 Å². The first-order valence-corrected chi connectivity index (χ1v) is 11.2. The predicted molar refractivity (Wildman–Crippen MR) is 135 cm³/mol. The van der Waals surface area contributed by atoms with Crippen molar-refractivity contribution >= 4 is 34.7 Å². The number of amides is 1. The van der Waals surface area contributed by atoms with E-state index in [1.165, 1.54) is 5.56 Å². The molecule has 4 rings (SSSR count). The molecule has 0 bridgehead atoms. The van der Waals surface area contributed by atoms with Crippen molar-refractivity contribution in [1.29, 1.82) is 0 Å². The molecule has 0 saturated carbocycles. The molecule has 33 heavy (non-hydrogen) atoms. The second kappa shape index (κ2) is 11.3. The molecule has 1 heterocycles. The van der Waals surface area contributed by atoms with Gasteiger partial charge >= 0.3 is 0 Å². The molecule has 1 aromatic heterocycles. The Morgan fingerprint density at radius 2 is 1.61 bits per heavy atom. The molecular formula is C27H25ClN4O. The number of benzene rings is 3. The smallest absolute Gasteiger partial charge is 0.257 e. The van der Waals surface area contributed by atoms with Gasteiger partial charge in [-0.05, 0) is 60.5 Å². The van der Waals surface area contributed by atoms with Gasteiger partial charge in [-0.15, -0.1) is 0 Å². The maximum Gasteiger partial charge on any atom is 0.257 e. The van der Waals surface area contributed by atoms with Crippen molar-refractivity contribution in [3.05, 3.63) is 119 Å².